The van der Waals surface area contributed by atoms with Gasteiger partial charge in [-0.2, -0.15) is 13.2 Å². The molecule has 1 spiro atoms. The molecule has 1 atom stereocenters. The molecule has 1 aromatic heterocycles. The van der Waals surface area contributed by atoms with Gasteiger partial charge in [-0.1, -0.05) is 0 Å². The number of carbonyl (C=O) groups is 2. The Balaban J connectivity index is 0.000000345. The number of carboxylic acid groups (broad SMARTS) is 1. The Morgan fingerprint density at radius 1 is 1.39 bits per heavy atom. The number of pyridine rings is 1. The van der Waals surface area contributed by atoms with Gasteiger partial charge in [0.1, 0.15) is 6.10 Å². The van der Waals surface area contributed by atoms with Gasteiger partial charge in [-0.25, -0.2) is 19.0 Å². The number of carboxylic acids is 1. The Labute approximate surface area is 162 Å². The van der Waals surface area contributed by atoms with E-state index in [1.54, 1.807) is 25.1 Å². The van der Waals surface area contributed by atoms with Crippen molar-refractivity contribution in [3.8, 4) is 5.88 Å². The van der Waals surface area contributed by atoms with Gasteiger partial charge in [0.2, 0.25) is 0 Å². The Hall–Kier alpha value is -2.24. The molecule has 2 saturated heterocycles. The van der Waals surface area contributed by atoms with Crippen LogP contribution in [-0.2, 0) is 4.79 Å². The van der Waals surface area contributed by atoms with Crippen LogP contribution in [0.5, 0.6) is 5.88 Å². The molecular formula is C16H19F4N3O4S. The lowest BCUT2D eigenvalue weighted by Crippen LogP contribution is -2.62. The predicted octanol–water partition coefficient (Wildman–Crippen LogP) is 2.47. The highest BCUT2D eigenvalue weighted by atomic mass is 32.2. The second-order valence-corrected chi connectivity index (χ2v) is 8.05. The molecule has 7 nitrogen and oxygen atoms in total. The molecule has 0 aliphatic carbocycles. The van der Waals surface area contributed by atoms with Gasteiger partial charge in [-0.15, -0.1) is 11.8 Å². The lowest BCUT2D eigenvalue weighted by molar-refractivity contribution is -0.192. The van der Waals surface area contributed by atoms with Crippen LogP contribution in [0.2, 0.25) is 0 Å². The van der Waals surface area contributed by atoms with Crippen molar-refractivity contribution in [2.24, 2.45) is 0 Å². The summed E-state index contributed by atoms with van der Waals surface area (Å²) in [6.07, 6.45) is -2.78. The smallest absolute Gasteiger partial charge is 0.475 e. The molecule has 0 bridgehead atoms. The van der Waals surface area contributed by atoms with E-state index in [0.717, 1.165) is 25.3 Å². The predicted molar refractivity (Wildman–Crippen MR) is 92.8 cm³/mol. The molecule has 1 N–H and O–H groups in total. The zero-order chi connectivity index (χ0) is 21.1. The molecule has 3 heterocycles. The zero-order valence-electron chi connectivity index (χ0n) is 15.1. The summed E-state index contributed by atoms with van der Waals surface area (Å²) < 4.78 is 51.0. The first kappa shape index (κ1) is 22.1. The third kappa shape index (κ3) is 5.40. The van der Waals surface area contributed by atoms with Gasteiger partial charge in [0.05, 0.1) is 4.75 Å². The van der Waals surface area contributed by atoms with Crippen molar-refractivity contribution in [1.82, 2.24) is 14.8 Å². The van der Waals surface area contributed by atoms with Gasteiger partial charge in [0.15, 0.2) is 5.82 Å². The zero-order valence-corrected chi connectivity index (χ0v) is 15.9. The van der Waals surface area contributed by atoms with Crippen LogP contribution in [0, 0.1) is 5.82 Å². The maximum absolute atomic E-state index is 13.5. The molecule has 2 amide bonds. The van der Waals surface area contributed by atoms with Crippen LogP contribution >= 0.6 is 11.8 Å². The van der Waals surface area contributed by atoms with Gasteiger partial charge < -0.3 is 19.6 Å². The average Bonchev–Trinajstić information content (AvgIpc) is 2.99. The summed E-state index contributed by atoms with van der Waals surface area (Å²) in [5.41, 5.74) is 0. The largest absolute Gasteiger partial charge is 0.490 e. The van der Waals surface area contributed by atoms with Crippen LogP contribution < -0.4 is 4.74 Å². The number of aromatic nitrogens is 1. The van der Waals surface area contributed by atoms with E-state index >= 15 is 0 Å². The van der Waals surface area contributed by atoms with Crippen molar-refractivity contribution >= 4 is 23.8 Å². The summed E-state index contributed by atoms with van der Waals surface area (Å²) in [7, 11) is 3.51. The lowest BCUT2D eigenvalue weighted by atomic mass is 9.93. The minimum Gasteiger partial charge on any atom is -0.475 e. The molecule has 2 aliphatic heterocycles. The lowest BCUT2D eigenvalue weighted by Gasteiger charge is -2.48. The van der Waals surface area contributed by atoms with Crippen LogP contribution in [-0.4, -0.2) is 81.9 Å². The summed E-state index contributed by atoms with van der Waals surface area (Å²) in [5.74, 6) is -2.31. The number of likely N-dealkylation sites (tertiary alicyclic amines) is 1. The van der Waals surface area contributed by atoms with Crippen LogP contribution in [0.25, 0.3) is 0 Å². The van der Waals surface area contributed by atoms with Crippen LogP contribution in [0.3, 0.4) is 0 Å². The van der Waals surface area contributed by atoms with Gasteiger partial charge in [0.25, 0.3) is 5.88 Å². The first-order valence-corrected chi connectivity index (χ1v) is 9.09. The van der Waals surface area contributed by atoms with Gasteiger partial charge in [-0.05, 0) is 12.1 Å². The molecule has 0 saturated carbocycles. The third-order valence-corrected chi connectivity index (χ3v) is 5.61. The van der Waals surface area contributed by atoms with E-state index in [1.807, 2.05) is 16.7 Å². The second-order valence-electron chi connectivity index (χ2n) is 6.56. The molecule has 12 heteroatoms. The Morgan fingerprint density at radius 2 is 2.00 bits per heavy atom. The number of rotatable bonds is 2. The normalized spacial score (nSPS) is 20.1. The number of alkyl halides is 3. The standard InChI is InChI=1S/C14H18FN3O2S.C2HF3O2/c1-17(2)13(19)18-8-14(9-18)6-10(7-21-14)20-12-11(15)4-3-5-16-12;3-2(4,5)1(6)7/h3-5,10H,6-9H2,1-2H3;(H,6,7). The van der Waals surface area contributed by atoms with E-state index in [1.165, 1.54) is 12.3 Å². The summed E-state index contributed by atoms with van der Waals surface area (Å²) in [5, 5.41) is 7.12. The van der Waals surface area contributed by atoms with Crippen LogP contribution in [0.15, 0.2) is 18.3 Å². The molecule has 2 aliphatic rings. The monoisotopic (exact) mass is 425 g/mol. The van der Waals surface area contributed by atoms with E-state index in [9.17, 15) is 22.4 Å². The number of hydrogen-bond acceptors (Lipinski definition) is 5. The average molecular weight is 425 g/mol. The summed E-state index contributed by atoms with van der Waals surface area (Å²) in [6, 6.07) is 2.94. The minimum absolute atomic E-state index is 0.0429. The molecule has 0 radical (unpaired) electrons. The first-order valence-electron chi connectivity index (χ1n) is 8.11. The van der Waals surface area contributed by atoms with Crippen molar-refractivity contribution in [2.45, 2.75) is 23.4 Å². The van der Waals surface area contributed by atoms with Crippen molar-refractivity contribution in [2.75, 3.05) is 32.9 Å². The maximum Gasteiger partial charge on any atom is 0.490 e. The highest BCUT2D eigenvalue weighted by Gasteiger charge is 2.51. The molecular weight excluding hydrogens is 406 g/mol. The van der Waals surface area contributed by atoms with E-state index in [4.69, 9.17) is 14.6 Å². The van der Waals surface area contributed by atoms with Crippen LogP contribution in [0.1, 0.15) is 6.42 Å². The van der Waals surface area contributed by atoms with Gasteiger partial charge in [0, 0.05) is 45.6 Å². The minimum atomic E-state index is -5.08. The van der Waals surface area contributed by atoms with Crippen molar-refractivity contribution < 1.29 is 37.0 Å². The fraction of sp³-hybridized carbons (Fsp3) is 0.562. The van der Waals surface area contributed by atoms with Crippen molar-refractivity contribution in [3.05, 3.63) is 24.1 Å². The Bertz CT molecular complexity index is 726. The van der Waals surface area contributed by atoms with Crippen LogP contribution in [0.4, 0.5) is 22.4 Å². The summed E-state index contributed by atoms with van der Waals surface area (Å²) >= 11 is 1.81. The molecule has 0 aromatic carbocycles. The molecule has 1 unspecified atom stereocenters. The maximum atomic E-state index is 13.5. The number of thioether (sulfide) groups is 1. The SMILES string of the molecule is CN(C)C(=O)N1CC2(CC(Oc3ncccc3F)CS2)C1.O=C(O)C(F)(F)F. The number of urea groups is 1. The molecule has 156 valence electrons. The second kappa shape index (κ2) is 8.41. The number of nitrogens with zero attached hydrogens (tertiary/aromatic N) is 3. The third-order valence-electron chi connectivity index (χ3n) is 4.03. The number of carbonyl (C=O) groups excluding carboxylic acids is 1. The van der Waals surface area contributed by atoms with Gasteiger partial charge >= 0.3 is 18.2 Å². The van der Waals surface area contributed by atoms with E-state index in [-0.39, 0.29) is 22.8 Å². The summed E-state index contributed by atoms with van der Waals surface area (Å²) in [4.78, 5) is 28.1. The van der Waals surface area contributed by atoms with Crippen molar-refractivity contribution in [1.29, 1.82) is 0 Å². The number of ether oxygens (including phenoxy) is 1. The number of aliphatic carboxylic acids is 1. The first-order chi connectivity index (χ1) is 12.9. The Morgan fingerprint density at radius 3 is 2.50 bits per heavy atom. The molecule has 3 rings (SSSR count). The number of amides is 2. The van der Waals surface area contributed by atoms with E-state index in [2.05, 4.69) is 4.98 Å². The Kier molecular flexibility index (Phi) is 6.63. The van der Waals surface area contributed by atoms with Crippen molar-refractivity contribution in [3.63, 3.8) is 0 Å². The van der Waals surface area contributed by atoms with E-state index in [0.29, 0.717) is 0 Å². The quantitative estimate of drug-likeness (QED) is 0.733. The van der Waals surface area contributed by atoms with E-state index < -0.39 is 18.0 Å². The highest BCUT2D eigenvalue weighted by Crippen LogP contribution is 2.46. The number of hydrogen-bond donors (Lipinski definition) is 1. The molecule has 1 aromatic rings. The fourth-order valence-corrected chi connectivity index (χ4v) is 4.31. The molecule has 2 fully saturated rings. The fourth-order valence-electron chi connectivity index (χ4n) is 2.78. The topological polar surface area (TPSA) is 83.0 Å². The summed E-state index contributed by atoms with van der Waals surface area (Å²) in [6.45, 7) is 1.47. The number of halogens is 4. The van der Waals surface area contributed by atoms with Gasteiger partial charge in [-0.3, -0.25) is 0 Å². The molecule has 28 heavy (non-hydrogen) atoms. The highest BCUT2D eigenvalue weighted by molar-refractivity contribution is 8.01.